The summed E-state index contributed by atoms with van der Waals surface area (Å²) in [6, 6.07) is 8.41. The molecule has 1 atom stereocenters. The van der Waals surface area contributed by atoms with Crippen molar-refractivity contribution in [3.8, 4) is 0 Å². The standard InChI is InChI=1S/C14H21BrN2O/c1-17-7-5-13(6-8-17)16-10-14(18)11-3-2-4-12(15)9-11/h2-4,9,13-14,16,18H,5-8,10H2,1H3. The van der Waals surface area contributed by atoms with Crippen LogP contribution in [0, 0.1) is 0 Å². The molecule has 0 spiro atoms. The molecule has 3 nitrogen and oxygen atoms in total. The van der Waals surface area contributed by atoms with Gasteiger partial charge in [0.15, 0.2) is 0 Å². The molecule has 0 radical (unpaired) electrons. The predicted molar refractivity (Wildman–Crippen MR) is 77.6 cm³/mol. The van der Waals surface area contributed by atoms with E-state index >= 15 is 0 Å². The second-order valence-corrected chi connectivity index (χ2v) is 5.97. The van der Waals surface area contributed by atoms with Gasteiger partial charge in [-0.05, 0) is 50.7 Å². The van der Waals surface area contributed by atoms with E-state index in [1.807, 2.05) is 24.3 Å². The number of likely N-dealkylation sites (tertiary alicyclic amines) is 1. The van der Waals surface area contributed by atoms with E-state index in [1.165, 1.54) is 12.8 Å². The molecule has 1 unspecified atom stereocenters. The lowest BCUT2D eigenvalue weighted by molar-refractivity contribution is 0.157. The number of aliphatic hydroxyl groups excluding tert-OH is 1. The summed E-state index contributed by atoms with van der Waals surface area (Å²) in [6.45, 7) is 2.92. The van der Waals surface area contributed by atoms with E-state index in [1.54, 1.807) is 0 Å². The summed E-state index contributed by atoms with van der Waals surface area (Å²) in [6.07, 6.45) is 1.91. The van der Waals surface area contributed by atoms with Crippen LogP contribution in [-0.2, 0) is 0 Å². The molecule has 1 heterocycles. The number of nitrogens with one attached hydrogen (secondary N) is 1. The lowest BCUT2D eigenvalue weighted by Gasteiger charge is -2.30. The van der Waals surface area contributed by atoms with Crippen LogP contribution in [0.4, 0.5) is 0 Å². The third-order valence-corrected chi connectivity index (χ3v) is 4.05. The highest BCUT2D eigenvalue weighted by Gasteiger charge is 2.17. The summed E-state index contributed by atoms with van der Waals surface area (Å²) in [5, 5.41) is 13.6. The Bertz CT molecular complexity index is 378. The van der Waals surface area contributed by atoms with Crippen molar-refractivity contribution in [1.82, 2.24) is 10.2 Å². The second-order valence-electron chi connectivity index (χ2n) is 5.06. The zero-order valence-electron chi connectivity index (χ0n) is 10.8. The van der Waals surface area contributed by atoms with E-state index in [0.717, 1.165) is 23.1 Å². The average Bonchev–Trinajstić information content (AvgIpc) is 2.38. The topological polar surface area (TPSA) is 35.5 Å². The number of rotatable bonds is 4. The minimum atomic E-state index is -0.429. The first-order valence-corrected chi connectivity index (χ1v) is 7.30. The third kappa shape index (κ3) is 4.05. The molecular weight excluding hydrogens is 292 g/mol. The summed E-state index contributed by atoms with van der Waals surface area (Å²) >= 11 is 3.43. The molecule has 100 valence electrons. The Morgan fingerprint density at radius 1 is 1.44 bits per heavy atom. The highest BCUT2D eigenvalue weighted by Crippen LogP contribution is 2.18. The SMILES string of the molecule is CN1CCC(NCC(O)c2cccc(Br)c2)CC1. The molecule has 4 heteroatoms. The molecule has 0 aliphatic carbocycles. The van der Waals surface area contributed by atoms with Gasteiger partial charge in [-0.25, -0.2) is 0 Å². The van der Waals surface area contributed by atoms with E-state index in [0.29, 0.717) is 12.6 Å². The van der Waals surface area contributed by atoms with Crippen LogP contribution in [0.2, 0.25) is 0 Å². The van der Waals surface area contributed by atoms with E-state index in [2.05, 4.69) is 33.2 Å². The van der Waals surface area contributed by atoms with Gasteiger partial charge < -0.3 is 15.3 Å². The van der Waals surface area contributed by atoms with Crippen LogP contribution in [-0.4, -0.2) is 42.7 Å². The fourth-order valence-corrected chi connectivity index (χ4v) is 2.74. The van der Waals surface area contributed by atoms with Gasteiger partial charge in [-0.2, -0.15) is 0 Å². The Balaban J connectivity index is 1.79. The Labute approximate surface area is 117 Å². The van der Waals surface area contributed by atoms with Crippen LogP contribution >= 0.6 is 15.9 Å². The number of piperidine rings is 1. The first kappa shape index (κ1) is 14.0. The summed E-state index contributed by atoms with van der Waals surface area (Å²) in [5.41, 5.74) is 0.963. The highest BCUT2D eigenvalue weighted by atomic mass is 79.9. The van der Waals surface area contributed by atoms with Crippen molar-refractivity contribution in [2.24, 2.45) is 0 Å². The molecule has 0 amide bonds. The fourth-order valence-electron chi connectivity index (χ4n) is 2.32. The molecular formula is C14H21BrN2O. The van der Waals surface area contributed by atoms with Gasteiger partial charge in [-0.1, -0.05) is 28.1 Å². The van der Waals surface area contributed by atoms with E-state index in [9.17, 15) is 5.11 Å². The van der Waals surface area contributed by atoms with Crippen LogP contribution in [0.1, 0.15) is 24.5 Å². The molecule has 1 aliphatic heterocycles. The van der Waals surface area contributed by atoms with Crippen LogP contribution in [0.3, 0.4) is 0 Å². The molecule has 1 fully saturated rings. The first-order valence-electron chi connectivity index (χ1n) is 6.50. The number of aliphatic hydroxyl groups is 1. The molecule has 1 saturated heterocycles. The van der Waals surface area contributed by atoms with E-state index in [-0.39, 0.29) is 0 Å². The van der Waals surface area contributed by atoms with Crippen molar-refractivity contribution in [2.45, 2.75) is 25.0 Å². The third-order valence-electron chi connectivity index (χ3n) is 3.55. The summed E-state index contributed by atoms with van der Waals surface area (Å²) < 4.78 is 1.01. The lowest BCUT2D eigenvalue weighted by atomic mass is 10.0. The van der Waals surface area contributed by atoms with Gasteiger partial charge in [-0.3, -0.25) is 0 Å². The van der Waals surface area contributed by atoms with Crippen LogP contribution in [0.25, 0.3) is 0 Å². The molecule has 0 saturated carbocycles. The molecule has 0 aromatic heterocycles. The minimum absolute atomic E-state index is 0.429. The fraction of sp³-hybridized carbons (Fsp3) is 0.571. The minimum Gasteiger partial charge on any atom is -0.387 e. The van der Waals surface area contributed by atoms with Crippen molar-refractivity contribution in [1.29, 1.82) is 0 Å². The van der Waals surface area contributed by atoms with Crippen molar-refractivity contribution in [2.75, 3.05) is 26.7 Å². The number of benzene rings is 1. The molecule has 1 aromatic rings. The molecule has 1 aliphatic rings. The van der Waals surface area contributed by atoms with Crippen LogP contribution < -0.4 is 5.32 Å². The number of halogens is 1. The summed E-state index contributed by atoms with van der Waals surface area (Å²) in [7, 11) is 2.16. The Morgan fingerprint density at radius 3 is 2.83 bits per heavy atom. The largest absolute Gasteiger partial charge is 0.387 e. The van der Waals surface area contributed by atoms with Gasteiger partial charge in [0.2, 0.25) is 0 Å². The van der Waals surface area contributed by atoms with Crippen LogP contribution in [0.15, 0.2) is 28.7 Å². The lowest BCUT2D eigenvalue weighted by Crippen LogP contribution is -2.42. The molecule has 2 N–H and O–H groups in total. The van der Waals surface area contributed by atoms with Gasteiger partial charge in [0.25, 0.3) is 0 Å². The number of hydrogen-bond donors (Lipinski definition) is 2. The van der Waals surface area contributed by atoms with Gasteiger partial charge in [-0.15, -0.1) is 0 Å². The van der Waals surface area contributed by atoms with Crippen molar-refractivity contribution in [3.63, 3.8) is 0 Å². The second kappa shape index (κ2) is 6.66. The maximum Gasteiger partial charge on any atom is 0.0914 e. The predicted octanol–water partition coefficient (Wildman–Crippen LogP) is 2.17. The summed E-state index contributed by atoms with van der Waals surface area (Å²) in [5.74, 6) is 0. The number of hydrogen-bond acceptors (Lipinski definition) is 3. The molecule has 1 aromatic carbocycles. The zero-order valence-corrected chi connectivity index (χ0v) is 12.4. The summed E-state index contributed by atoms with van der Waals surface area (Å²) in [4.78, 5) is 2.35. The maximum atomic E-state index is 10.1. The van der Waals surface area contributed by atoms with E-state index < -0.39 is 6.10 Å². The van der Waals surface area contributed by atoms with Gasteiger partial charge in [0.05, 0.1) is 6.10 Å². The normalized spacial score (nSPS) is 19.9. The number of nitrogens with zero attached hydrogens (tertiary/aromatic N) is 1. The van der Waals surface area contributed by atoms with Gasteiger partial charge >= 0.3 is 0 Å². The Morgan fingerprint density at radius 2 is 2.17 bits per heavy atom. The Kier molecular flexibility index (Phi) is 5.18. The van der Waals surface area contributed by atoms with Gasteiger partial charge in [0, 0.05) is 17.1 Å². The molecule has 0 bridgehead atoms. The molecule has 2 rings (SSSR count). The monoisotopic (exact) mass is 312 g/mol. The highest BCUT2D eigenvalue weighted by molar-refractivity contribution is 9.10. The van der Waals surface area contributed by atoms with E-state index in [4.69, 9.17) is 0 Å². The van der Waals surface area contributed by atoms with Crippen molar-refractivity contribution >= 4 is 15.9 Å². The Hall–Kier alpha value is -0.420. The maximum absolute atomic E-state index is 10.1. The van der Waals surface area contributed by atoms with Gasteiger partial charge in [0.1, 0.15) is 0 Å². The zero-order chi connectivity index (χ0) is 13.0. The van der Waals surface area contributed by atoms with Crippen molar-refractivity contribution in [3.05, 3.63) is 34.3 Å². The quantitative estimate of drug-likeness (QED) is 0.894. The molecule has 18 heavy (non-hydrogen) atoms. The van der Waals surface area contributed by atoms with Crippen molar-refractivity contribution < 1.29 is 5.11 Å². The first-order chi connectivity index (χ1) is 8.65. The smallest absolute Gasteiger partial charge is 0.0914 e. The van der Waals surface area contributed by atoms with Crippen LogP contribution in [0.5, 0.6) is 0 Å². The average molecular weight is 313 g/mol.